The third-order valence-electron chi connectivity index (χ3n) is 18.7. The fourth-order valence-electron chi connectivity index (χ4n) is 14.3. The Kier molecular flexibility index (Phi) is 14.1. The lowest BCUT2D eigenvalue weighted by atomic mass is 9.81. The predicted octanol–water partition coefficient (Wildman–Crippen LogP) is 16.0. The van der Waals surface area contributed by atoms with Crippen LogP contribution in [0.1, 0.15) is 88.6 Å². The number of rotatable bonds is 6. The average molecular weight is 1150 g/mol. The summed E-state index contributed by atoms with van der Waals surface area (Å²) in [5.41, 5.74) is 14.7. The van der Waals surface area contributed by atoms with E-state index < -0.39 is 11.2 Å². The number of phenolic OH excluding ortho intramolecular Hbond substituents is 1. The molecule has 0 bridgehead atoms. The van der Waals surface area contributed by atoms with Crippen LogP contribution in [0.5, 0.6) is 34.5 Å². The quantitative estimate of drug-likeness (QED) is 0.158. The van der Waals surface area contributed by atoms with Gasteiger partial charge in [0.15, 0.2) is 34.2 Å². The number of anilines is 2. The number of piperidine rings is 2. The first-order chi connectivity index (χ1) is 42.9. The minimum atomic E-state index is -1.37. The lowest BCUT2D eigenvalue weighted by Gasteiger charge is -2.38. The Morgan fingerprint density at radius 1 is 0.471 bits per heavy atom. The topological polar surface area (TPSA) is 93.1 Å². The van der Waals surface area contributed by atoms with Crippen LogP contribution >= 0.6 is 0 Å². The molecule has 7 aliphatic rings. The van der Waals surface area contributed by atoms with E-state index in [1.807, 2.05) is 66.7 Å². The number of hydrogen-bond donors (Lipinski definition) is 2. The molecule has 0 aromatic heterocycles. The SMILES string of the molecule is C#CC(O)(c1ccccc1)c1ccc(N2CCCCC2)cc1.C1=CC(c2ccccc2)(c2ccc(N3CCCCC3)cc2)Oc2c3c(c4ccc5c(c4c21)OCCO5)Cc1ccccc1-3.Oc1cc2c3c(ccc2c2c1-c1ccccc1C2)OCCO3. The van der Waals surface area contributed by atoms with E-state index in [9.17, 15) is 10.2 Å². The van der Waals surface area contributed by atoms with Gasteiger partial charge in [0, 0.05) is 87.3 Å². The van der Waals surface area contributed by atoms with Crippen molar-refractivity contribution in [3.8, 4) is 69.1 Å². The lowest BCUT2D eigenvalue weighted by molar-refractivity contribution is 0.145. The summed E-state index contributed by atoms with van der Waals surface area (Å²) >= 11 is 0. The Bertz CT molecular complexity index is 4310. The molecule has 9 heteroatoms. The number of nitrogens with zero attached hydrogens (tertiary/aromatic N) is 2. The van der Waals surface area contributed by atoms with Gasteiger partial charge < -0.3 is 43.7 Å². The van der Waals surface area contributed by atoms with Crippen LogP contribution in [0.2, 0.25) is 0 Å². The predicted molar refractivity (Wildman–Crippen MR) is 348 cm³/mol. The minimum absolute atomic E-state index is 0.315. The van der Waals surface area contributed by atoms with Crippen molar-refractivity contribution in [3.63, 3.8) is 0 Å². The zero-order valence-electron chi connectivity index (χ0n) is 48.8. The van der Waals surface area contributed by atoms with E-state index in [1.165, 1.54) is 88.7 Å². The number of benzene rings is 10. The number of hydrogen-bond acceptors (Lipinski definition) is 9. The number of ether oxygens (including phenoxy) is 5. The maximum Gasteiger partial charge on any atom is 0.178 e. The van der Waals surface area contributed by atoms with Crippen molar-refractivity contribution < 1.29 is 33.9 Å². The van der Waals surface area contributed by atoms with Crippen LogP contribution in [-0.2, 0) is 24.0 Å². The average Bonchev–Trinajstić information content (AvgIpc) is 1.87. The zero-order valence-corrected chi connectivity index (χ0v) is 48.8. The third kappa shape index (κ3) is 9.55. The van der Waals surface area contributed by atoms with Crippen LogP contribution in [0.3, 0.4) is 0 Å². The van der Waals surface area contributed by atoms with Crippen molar-refractivity contribution in [2.24, 2.45) is 0 Å². The molecule has 2 N–H and O–H groups in total. The molecule has 0 radical (unpaired) electrons. The molecule has 2 fully saturated rings. The molecule has 10 aromatic rings. The molecular formula is C78H68N2O7. The summed E-state index contributed by atoms with van der Waals surface area (Å²) in [7, 11) is 0. The lowest BCUT2D eigenvalue weighted by Crippen LogP contribution is -2.35. The summed E-state index contributed by atoms with van der Waals surface area (Å²) in [6.45, 7) is 6.69. The minimum Gasteiger partial charge on any atom is -0.507 e. The Morgan fingerprint density at radius 2 is 0.977 bits per heavy atom. The summed E-state index contributed by atoms with van der Waals surface area (Å²) in [4.78, 5) is 4.90. The van der Waals surface area contributed by atoms with Gasteiger partial charge in [0.05, 0.1) is 0 Å². The Morgan fingerprint density at radius 3 is 1.61 bits per heavy atom. The monoisotopic (exact) mass is 1140 g/mol. The molecule has 5 aliphatic heterocycles. The van der Waals surface area contributed by atoms with Crippen molar-refractivity contribution in [1.82, 2.24) is 0 Å². The molecule has 2 unspecified atom stereocenters. The van der Waals surface area contributed by atoms with Crippen LogP contribution in [0.15, 0.2) is 194 Å². The molecule has 9 nitrogen and oxygen atoms in total. The highest BCUT2D eigenvalue weighted by Crippen LogP contribution is 2.57. The summed E-state index contributed by atoms with van der Waals surface area (Å²) in [6, 6.07) is 64.3. The Labute approximate surface area is 508 Å². The summed E-state index contributed by atoms with van der Waals surface area (Å²) in [5.74, 6) is 6.92. The van der Waals surface area contributed by atoms with Crippen LogP contribution in [0.4, 0.5) is 11.4 Å². The molecule has 0 amide bonds. The second kappa shape index (κ2) is 22.7. The van der Waals surface area contributed by atoms with Crippen LogP contribution in [0, 0.1) is 12.3 Å². The van der Waals surface area contributed by atoms with Gasteiger partial charge in [0.1, 0.15) is 37.9 Å². The molecular weight excluding hydrogens is 1080 g/mol. The number of terminal acetylenes is 1. The smallest absolute Gasteiger partial charge is 0.178 e. The summed E-state index contributed by atoms with van der Waals surface area (Å²) < 4.78 is 31.3. The number of fused-ring (bicyclic) bond motifs is 17. The first-order valence-corrected chi connectivity index (χ1v) is 30.9. The molecule has 0 saturated carbocycles. The molecule has 5 heterocycles. The van der Waals surface area contributed by atoms with Gasteiger partial charge in [0.2, 0.25) is 0 Å². The van der Waals surface area contributed by atoms with Crippen molar-refractivity contribution >= 4 is 39.0 Å². The number of aromatic hydroxyl groups is 1. The van der Waals surface area contributed by atoms with Gasteiger partial charge in [-0.05, 0) is 150 Å². The van der Waals surface area contributed by atoms with Gasteiger partial charge in [-0.3, -0.25) is 0 Å². The van der Waals surface area contributed by atoms with Crippen LogP contribution in [-0.4, -0.2) is 62.8 Å². The van der Waals surface area contributed by atoms with Crippen molar-refractivity contribution in [2.45, 2.75) is 62.6 Å². The fraction of sp³-hybridized carbons (Fsp3) is 0.231. The van der Waals surface area contributed by atoms with Gasteiger partial charge in [0.25, 0.3) is 0 Å². The molecule has 17 rings (SSSR count). The molecule has 87 heavy (non-hydrogen) atoms. The van der Waals surface area contributed by atoms with E-state index in [0.717, 1.165) is 123 Å². The highest BCUT2D eigenvalue weighted by Gasteiger charge is 2.42. The van der Waals surface area contributed by atoms with Crippen LogP contribution in [0.25, 0.3) is 49.9 Å². The second-order valence-corrected chi connectivity index (χ2v) is 23.7. The Balaban J connectivity index is 0.000000122. The van der Waals surface area contributed by atoms with Gasteiger partial charge >= 0.3 is 0 Å². The van der Waals surface area contributed by atoms with Crippen molar-refractivity contribution in [2.75, 3.05) is 62.4 Å². The van der Waals surface area contributed by atoms with Gasteiger partial charge in [-0.15, -0.1) is 6.42 Å². The normalized spacial score (nSPS) is 18.0. The third-order valence-corrected chi connectivity index (χ3v) is 18.7. The van der Waals surface area contributed by atoms with E-state index in [4.69, 9.17) is 30.1 Å². The highest BCUT2D eigenvalue weighted by molar-refractivity contribution is 6.08. The standard InChI is InChI=1S/C39H33NO3.C20H21NO.C19H14O3/c1-3-10-27(11-4-1)39(28-13-15-29(16-14-28)40-21-7-2-8-22-40)20-19-32-36-31(17-18-34-38(36)42-24-23-41-34)33-25-26-9-5-6-12-30(26)35(33)37(32)43-39;1-2-20(22,17-9-5-3-6-10-17)18-11-13-19(14-12-18)21-15-7-4-8-16-21;20-16-10-15-13(5-6-17-19(15)22-8-7-21-17)14-9-11-3-1-2-4-12(11)18(14)16/h1,3-6,9-20H,2,7-8,21-25H2;1,3,5-6,9-14,22H,4,7-8,15-16H2;1-6,10,20H,7-9H2. The second-order valence-electron chi connectivity index (χ2n) is 23.7. The van der Waals surface area contributed by atoms with E-state index >= 15 is 0 Å². The van der Waals surface area contributed by atoms with Gasteiger partial charge in [-0.1, -0.05) is 152 Å². The van der Waals surface area contributed by atoms with Crippen molar-refractivity contribution in [3.05, 3.63) is 244 Å². The highest BCUT2D eigenvalue weighted by atomic mass is 16.6. The van der Waals surface area contributed by atoms with Crippen molar-refractivity contribution in [1.29, 1.82) is 0 Å². The number of phenols is 1. The van der Waals surface area contributed by atoms with Gasteiger partial charge in [-0.25, -0.2) is 0 Å². The zero-order chi connectivity index (χ0) is 58.5. The van der Waals surface area contributed by atoms with E-state index in [-0.39, 0.29) is 0 Å². The molecule has 0 spiro atoms. The maximum absolute atomic E-state index is 10.9. The first-order valence-electron chi connectivity index (χ1n) is 30.9. The molecule has 2 atom stereocenters. The van der Waals surface area contributed by atoms with Gasteiger partial charge in [-0.2, -0.15) is 0 Å². The largest absolute Gasteiger partial charge is 0.507 e. The maximum atomic E-state index is 10.9. The van der Waals surface area contributed by atoms with Crippen LogP contribution < -0.4 is 33.5 Å². The summed E-state index contributed by atoms with van der Waals surface area (Å²) in [5, 5.41) is 25.8. The fourth-order valence-corrected chi connectivity index (χ4v) is 14.3. The van der Waals surface area contributed by atoms with E-state index in [2.05, 4.69) is 149 Å². The summed E-state index contributed by atoms with van der Waals surface area (Å²) in [6.07, 6.45) is 19.5. The molecule has 10 aromatic carbocycles. The van der Waals surface area contributed by atoms with E-state index in [1.54, 1.807) is 0 Å². The van der Waals surface area contributed by atoms with E-state index in [0.29, 0.717) is 32.2 Å². The molecule has 2 aliphatic carbocycles. The molecule has 432 valence electrons. The first kappa shape index (κ1) is 54.1. The number of aliphatic hydroxyl groups is 1. The Hall–Kier alpha value is -9.62. The molecule has 2 saturated heterocycles.